The molecule has 96 valence electrons. The Hall–Kier alpha value is -0.840. The van der Waals surface area contributed by atoms with E-state index in [4.69, 9.17) is 4.74 Å². The molecule has 0 N–H and O–H groups in total. The standard InChI is InChI=1S/C12H19BrN2O2/c1-6-8-9(13)10(11(16)17-7-2)15(14-8)12(3,4)5/h6-7H2,1-5H3. The molecule has 0 aliphatic rings. The number of aryl methyl sites for hydroxylation is 1. The number of carbonyl (C=O) groups is 1. The largest absolute Gasteiger partial charge is 0.461 e. The fraction of sp³-hybridized carbons (Fsp3) is 0.667. The maximum absolute atomic E-state index is 11.9. The quantitative estimate of drug-likeness (QED) is 0.806. The van der Waals surface area contributed by atoms with Crippen molar-refractivity contribution in [3.63, 3.8) is 0 Å². The maximum atomic E-state index is 11.9. The van der Waals surface area contributed by atoms with E-state index in [0.29, 0.717) is 12.3 Å². The normalized spacial score (nSPS) is 11.6. The minimum atomic E-state index is -0.332. The average Bonchev–Trinajstić information content (AvgIpc) is 2.55. The molecule has 0 aliphatic carbocycles. The zero-order valence-corrected chi connectivity index (χ0v) is 12.6. The van der Waals surface area contributed by atoms with Crippen LogP contribution in [0.1, 0.15) is 50.8 Å². The summed E-state index contributed by atoms with van der Waals surface area (Å²) in [4.78, 5) is 11.9. The maximum Gasteiger partial charge on any atom is 0.357 e. The topological polar surface area (TPSA) is 44.1 Å². The molecule has 0 radical (unpaired) electrons. The first kappa shape index (κ1) is 14.2. The summed E-state index contributed by atoms with van der Waals surface area (Å²) in [7, 11) is 0. The third kappa shape index (κ3) is 2.89. The first-order valence-corrected chi connectivity index (χ1v) is 6.57. The first-order chi connectivity index (χ1) is 7.82. The highest BCUT2D eigenvalue weighted by molar-refractivity contribution is 9.10. The van der Waals surface area contributed by atoms with Crippen LogP contribution in [0.4, 0.5) is 0 Å². The summed E-state index contributed by atoms with van der Waals surface area (Å²) in [5.74, 6) is -0.332. The van der Waals surface area contributed by atoms with Crippen LogP contribution in [0.25, 0.3) is 0 Å². The van der Waals surface area contributed by atoms with Crippen molar-refractivity contribution in [1.82, 2.24) is 9.78 Å². The van der Waals surface area contributed by atoms with Crippen LogP contribution in [0.2, 0.25) is 0 Å². The number of aromatic nitrogens is 2. The van der Waals surface area contributed by atoms with Gasteiger partial charge in [0.05, 0.1) is 22.3 Å². The monoisotopic (exact) mass is 302 g/mol. The zero-order valence-electron chi connectivity index (χ0n) is 11.0. The van der Waals surface area contributed by atoms with Gasteiger partial charge in [-0.25, -0.2) is 4.79 Å². The molecule has 0 bridgehead atoms. The highest BCUT2D eigenvalue weighted by Crippen LogP contribution is 2.27. The molecule has 0 unspecified atom stereocenters. The Balaban J connectivity index is 3.34. The first-order valence-electron chi connectivity index (χ1n) is 5.77. The van der Waals surface area contributed by atoms with E-state index < -0.39 is 0 Å². The minimum Gasteiger partial charge on any atom is -0.461 e. The van der Waals surface area contributed by atoms with Gasteiger partial charge in [-0.1, -0.05) is 6.92 Å². The molecule has 0 aliphatic heterocycles. The van der Waals surface area contributed by atoms with Gasteiger partial charge in [-0.3, -0.25) is 4.68 Å². The van der Waals surface area contributed by atoms with Gasteiger partial charge in [0.25, 0.3) is 0 Å². The minimum absolute atomic E-state index is 0.252. The van der Waals surface area contributed by atoms with Crippen LogP contribution in [0.3, 0.4) is 0 Å². The van der Waals surface area contributed by atoms with E-state index in [9.17, 15) is 4.79 Å². The van der Waals surface area contributed by atoms with Crippen molar-refractivity contribution in [2.24, 2.45) is 0 Å². The van der Waals surface area contributed by atoms with Crippen LogP contribution >= 0.6 is 15.9 Å². The second-order valence-electron chi connectivity index (χ2n) is 4.77. The van der Waals surface area contributed by atoms with Crippen LogP contribution in [0.15, 0.2) is 4.47 Å². The summed E-state index contributed by atoms with van der Waals surface area (Å²) in [6, 6.07) is 0. The van der Waals surface area contributed by atoms with E-state index in [1.807, 2.05) is 27.7 Å². The Morgan fingerprint density at radius 3 is 2.41 bits per heavy atom. The van der Waals surface area contributed by atoms with Crippen LogP contribution < -0.4 is 0 Å². The van der Waals surface area contributed by atoms with Gasteiger partial charge in [0, 0.05) is 0 Å². The van der Waals surface area contributed by atoms with E-state index in [1.165, 1.54) is 0 Å². The summed E-state index contributed by atoms with van der Waals surface area (Å²) < 4.78 is 7.55. The summed E-state index contributed by atoms with van der Waals surface area (Å²) in [6.07, 6.45) is 0.774. The molecule has 0 amide bonds. The van der Waals surface area contributed by atoms with Gasteiger partial charge in [-0.2, -0.15) is 5.10 Å². The van der Waals surface area contributed by atoms with Gasteiger partial charge >= 0.3 is 5.97 Å². The van der Waals surface area contributed by atoms with Gasteiger partial charge in [0.2, 0.25) is 0 Å². The molecule has 1 aromatic rings. The number of ether oxygens (including phenoxy) is 1. The molecule has 4 nitrogen and oxygen atoms in total. The van der Waals surface area contributed by atoms with Crippen molar-refractivity contribution in [3.05, 3.63) is 15.9 Å². The Morgan fingerprint density at radius 2 is 2.00 bits per heavy atom. The number of carbonyl (C=O) groups excluding carboxylic acids is 1. The van der Waals surface area contributed by atoms with E-state index in [2.05, 4.69) is 21.0 Å². The molecule has 0 spiro atoms. The van der Waals surface area contributed by atoms with Gasteiger partial charge in [-0.05, 0) is 50.0 Å². The number of rotatable bonds is 3. The van der Waals surface area contributed by atoms with Crippen LogP contribution in [-0.2, 0) is 16.7 Å². The molecule has 1 rings (SSSR count). The van der Waals surface area contributed by atoms with Gasteiger partial charge in [0.1, 0.15) is 0 Å². The van der Waals surface area contributed by atoms with Crippen molar-refractivity contribution in [2.75, 3.05) is 6.61 Å². The smallest absolute Gasteiger partial charge is 0.357 e. The lowest BCUT2D eigenvalue weighted by Crippen LogP contribution is -2.28. The summed E-state index contributed by atoms with van der Waals surface area (Å²) in [5, 5.41) is 4.47. The summed E-state index contributed by atoms with van der Waals surface area (Å²) >= 11 is 3.44. The SMILES string of the molecule is CCOC(=O)c1c(Br)c(CC)nn1C(C)(C)C. The Morgan fingerprint density at radius 1 is 1.41 bits per heavy atom. The Kier molecular flexibility index (Phi) is 4.36. The van der Waals surface area contributed by atoms with Crippen molar-refractivity contribution < 1.29 is 9.53 Å². The highest BCUT2D eigenvalue weighted by Gasteiger charge is 2.28. The number of esters is 1. The van der Waals surface area contributed by atoms with Crippen molar-refractivity contribution in [3.8, 4) is 0 Å². The number of hydrogen-bond donors (Lipinski definition) is 0. The predicted molar refractivity (Wildman–Crippen MR) is 70.3 cm³/mol. The number of hydrogen-bond acceptors (Lipinski definition) is 3. The Bertz CT molecular complexity index is 419. The van der Waals surface area contributed by atoms with E-state index in [-0.39, 0.29) is 11.5 Å². The second-order valence-corrected chi connectivity index (χ2v) is 5.56. The van der Waals surface area contributed by atoms with Crippen molar-refractivity contribution in [2.45, 2.75) is 46.6 Å². The molecule has 0 saturated carbocycles. The number of halogens is 1. The van der Waals surface area contributed by atoms with E-state index in [0.717, 1.165) is 16.6 Å². The van der Waals surface area contributed by atoms with Gasteiger partial charge < -0.3 is 4.74 Å². The fourth-order valence-electron chi connectivity index (χ4n) is 1.53. The molecule has 1 aromatic heterocycles. The van der Waals surface area contributed by atoms with Crippen LogP contribution in [0, 0.1) is 0 Å². The molecule has 5 heteroatoms. The molecular formula is C12H19BrN2O2. The Labute approximate surface area is 110 Å². The molecular weight excluding hydrogens is 284 g/mol. The lowest BCUT2D eigenvalue weighted by Gasteiger charge is -2.21. The third-order valence-electron chi connectivity index (χ3n) is 2.33. The summed E-state index contributed by atoms with van der Waals surface area (Å²) in [6.45, 7) is 10.2. The average molecular weight is 303 g/mol. The third-order valence-corrected chi connectivity index (χ3v) is 3.17. The lowest BCUT2D eigenvalue weighted by molar-refractivity contribution is 0.0502. The predicted octanol–water partition coefficient (Wildman–Crippen LogP) is 3.14. The van der Waals surface area contributed by atoms with Crippen LogP contribution in [-0.4, -0.2) is 22.4 Å². The van der Waals surface area contributed by atoms with Crippen molar-refractivity contribution >= 4 is 21.9 Å². The molecule has 17 heavy (non-hydrogen) atoms. The van der Waals surface area contributed by atoms with Gasteiger partial charge in [-0.15, -0.1) is 0 Å². The van der Waals surface area contributed by atoms with Crippen LogP contribution in [0.5, 0.6) is 0 Å². The van der Waals surface area contributed by atoms with Gasteiger partial charge in [0.15, 0.2) is 5.69 Å². The fourth-order valence-corrected chi connectivity index (χ4v) is 2.22. The second kappa shape index (κ2) is 5.21. The molecule has 1 heterocycles. The highest BCUT2D eigenvalue weighted by atomic mass is 79.9. The van der Waals surface area contributed by atoms with Crippen molar-refractivity contribution in [1.29, 1.82) is 0 Å². The van der Waals surface area contributed by atoms with E-state index in [1.54, 1.807) is 11.6 Å². The molecule has 0 aromatic carbocycles. The number of nitrogens with zero attached hydrogens (tertiary/aromatic N) is 2. The molecule has 0 fully saturated rings. The summed E-state index contributed by atoms with van der Waals surface area (Å²) in [5.41, 5.74) is 1.12. The zero-order chi connectivity index (χ0) is 13.2. The molecule has 0 saturated heterocycles. The molecule has 0 atom stereocenters. The van der Waals surface area contributed by atoms with E-state index >= 15 is 0 Å². The lowest BCUT2D eigenvalue weighted by atomic mass is 10.1.